The van der Waals surface area contributed by atoms with E-state index in [2.05, 4.69) is 4.58 Å². The number of hydrogen-bond donors (Lipinski definition) is 5. The number of carboxylic acid groups (broad SMARTS) is 1. The van der Waals surface area contributed by atoms with Gasteiger partial charge in [0.2, 0.25) is 5.69 Å². The molecule has 0 spiro atoms. The van der Waals surface area contributed by atoms with E-state index in [0.29, 0.717) is 79.8 Å². The van der Waals surface area contributed by atoms with Gasteiger partial charge in [-0.25, -0.2) is 0 Å². The minimum atomic E-state index is -4.57. The van der Waals surface area contributed by atoms with Crippen molar-refractivity contribution in [3.63, 3.8) is 0 Å². The second-order valence-electron chi connectivity index (χ2n) is 17.8. The van der Waals surface area contributed by atoms with Crippen LogP contribution in [-0.4, -0.2) is 92.1 Å². The Morgan fingerprint density at radius 2 is 1.31 bits per heavy atom. The predicted molar refractivity (Wildman–Crippen MR) is 251 cm³/mol. The van der Waals surface area contributed by atoms with Crippen LogP contribution < -0.4 is 9.64 Å². The minimum absolute atomic E-state index is 0.0206. The van der Waals surface area contributed by atoms with Crippen LogP contribution in [0.5, 0.6) is 5.75 Å². The summed E-state index contributed by atoms with van der Waals surface area (Å²) in [5.41, 5.74) is 3.92. The predicted octanol–water partition coefficient (Wildman–Crippen LogP) is 7.80. The van der Waals surface area contributed by atoms with Gasteiger partial charge in [-0.3, -0.25) is 23.0 Å². The molecule has 362 valence electrons. The molecule has 3 aromatic carbocycles. The van der Waals surface area contributed by atoms with E-state index in [-0.39, 0.29) is 39.8 Å². The summed E-state index contributed by atoms with van der Waals surface area (Å²) in [6.45, 7) is 8.39. The van der Waals surface area contributed by atoms with Crippen LogP contribution in [0.2, 0.25) is 0 Å². The average molecular weight is 1000 g/mol. The Kier molecular flexibility index (Phi) is 15.0. The lowest BCUT2D eigenvalue weighted by Crippen LogP contribution is -2.28. The van der Waals surface area contributed by atoms with Crippen LogP contribution in [0.15, 0.2) is 122 Å². The van der Waals surface area contributed by atoms with Crippen molar-refractivity contribution in [2.75, 3.05) is 23.7 Å². The SMILES string of the molecule is CC1(C)C(/C=C/C2=C(Oc3ccc(S(=O)(=O)O)cc3)C(=C\C=C3/N(CCCCS(=O)(=O)O)c4ccc(S(=O)(=O)O)cc4C3(C)C)/CCC2)=[N+](CCCCCC(=O)O)c2ccc(S(=O)(=O)O)cc21. The van der Waals surface area contributed by atoms with Gasteiger partial charge in [-0.1, -0.05) is 19.9 Å². The maximum atomic E-state index is 12.3. The molecule has 3 aromatic rings. The zero-order chi connectivity index (χ0) is 49.3. The smallest absolute Gasteiger partial charge is 0.303 e. The van der Waals surface area contributed by atoms with Gasteiger partial charge in [0.05, 0.1) is 25.9 Å². The topological polar surface area (TPSA) is 270 Å². The van der Waals surface area contributed by atoms with Crippen molar-refractivity contribution in [1.82, 2.24) is 0 Å². The van der Waals surface area contributed by atoms with Gasteiger partial charge in [-0.2, -0.15) is 38.2 Å². The van der Waals surface area contributed by atoms with E-state index < -0.39 is 63.0 Å². The van der Waals surface area contributed by atoms with Gasteiger partial charge in [0.15, 0.2) is 5.71 Å². The lowest BCUT2D eigenvalue weighted by atomic mass is 9.81. The van der Waals surface area contributed by atoms with Gasteiger partial charge in [0.1, 0.15) is 18.1 Å². The molecule has 0 fully saturated rings. The average Bonchev–Trinajstić information content (AvgIpc) is 3.57. The van der Waals surface area contributed by atoms with Crippen molar-refractivity contribution >= 4 is 63.5 Å². The van der Waals surface area contributed by atoms with Crippen LogP contribution in [0.1, 0.15) is 96.6 Å². The van der Waals surface area contributed by atoms with Gasteiger partial charge >= 0.3 is 5.97 Å². The number of hydrogen-bond acceptors (Lipinski definition) is 11. The number of anilines is 1. The quantitative estimate of drug-likeness (QED) is 0.0435. The van der Waals surface area contributed by atoms with Gasteiger partial charge in [-0.05, 0) is 142 Å². The summed E-state index contributed by atoms with van der Waals surface area (Å²) < 4.78 is 143. The van der Waals surface area contributed by atoms with Crippen molar-refractivity contribution in [1.29, 1.82) is 0 Å². The monoisotopic (exact) mass is 1000 g/mol. The zero-order valence-corrected chi connectivity index (χ0v) is 40.7. The van der Waals surface area contributed by atoms with E-state index in [1.165, 1.54) is 48.5 Å². The number of unbranched alkanes of at least 4 members (excludes halogenated alkanes) is 3. The van der Waals surface area contributed by atoms with Crippen LogP contribution in [0, 0.1) is 0 Å². The first-order valence-corrected chi connectivity index (χ1v) is 27.4. The largest absolute Gasteiger partial charge is 0.481 e. The molecule has 67 heavy (non-hydrogen) atoms. The molecule has 1 aliphatic carbocycles. The Hall–Kier alpha value is -5.00. The molecule has 2 heterocycles. The molecule has 0 amide bonds. The standard InChI is InChI=1S/C46H54N2O15S4/c1-45(2)37-29-35(66(57,58)59)20-22-39(37)47(26-7-5-6-13-43(49)50)41(45)24-14-31-11-10-12-32(44(31)63-33-16-18-34(19-17-33)65(54,55)56)15-25-42-46(3,4)38-30-36(67(60,61)62)21-23-40(38)48(42)27-8-9-28-64(51,52)53/h14-25,29-30H,5-13,26-28H2,1-4H3,(H4-,49,50,51,52,53,54,55,56,57,58,59,60,61,62)/p+1. The summed E-state index contributed by atoms with van der Waals surface area (Å²) in [5.74, 6) is -0.658. The highest BCUT2D eigenvalue weighted by atomic mass is 32.2. The third-order valence-corrected chi connectivity index (χ3v) is 15.7. The van der Waals surface area contributed by atoms with E-state index in [9.17, 15) is 61.8 Å². The third-order valence-electron chi connectivity index (χ3n) is 12.3. The lowest BCUT2D eigenvalue weighted by Gasteiger charge is -2.27. The van der Waals surface area contributed by atoms with Gasteiger partial charge in [0.25, 0.3) is 40.5 Å². The number of nitrogens with zero attached hydrogens (tertiary/aromatic N) is 2. The van der Waals surface area contributed by atoms with E-state index in [1.807, 2.05) is 56.9 Å². The maximum absolute atomic E-state index is 12.3. The number of aliphatic carboxylic acids is 1. The first-order valence-electron chi connectivity index (χ1n) is 21.5. The molecule has 0 saturated heterocycles. The van der Waals surface area contributed by atoms with Crippen molar-refractivity contribution < 1.29 is 71.1 Å². The molecule has 0 aromatic heterocycles. The molecule has 0 saturated carbocycles. The van der Waals surface area contributed by atoms with E-state index in [4.69, 9.17) is 4.74 Å². The molecular weight excluding hydrogens is 949 g/mol. The third kappa shape index (κ3) is 12.0. The highest BCUT2D eigenvalue weighted by Crippen LogP contribution is 2.49. The zero-order valence-electron chi connectivity index (χ0n) is 37.4. The number of carboxylic acids is 1. The van der Waals surface area contributed by atoms with Crippen molar-refractivity contribution in [2.45, 2.75) is 111 Å². The normalized spacial score (nSPS) is 18.6. The fourth-order valence-corrected chi connectivity index (χ4v) is 11.0. The Morgan fingerprint density at radius 3 is 1.93 bits per heavy atom. The van der Waals surface area contributed by atoms with Crippen LogP contribution in [0.25, 0.3) is 0 Å². The maximum Gasteiger partial charge on any atom is 0.303 e. The molecule has 0 bridgehead atoms. The Labute approximate surface area is 391 Å². The van der Waals surface area contributed by atoms with E-state index >= 15 is 0 Å². The highest BCUT2D eigenvalue weighted by molar-refractivity contribution is 7.86. The van der Waals surface area contributed by atoms with Crippen LogP contribution in [-0.2, 0) is 56.1 Å². The molecular formula is C46H55N2O15S4+. The van der Waals surface area contributed by atoms with Crippen LogP contribution in [0.4, 0.5) is 11.4 Å². The minimum Gasteiger partial charge on any atom is -0.481 e. The number of benzene rings is 3. The van der Waals surface area contributed by atoms with Gasteiger partial charge in [-0.15, -0.1) is 0 Å². The molecule has 2 aliphatic heterocycles. The van der Waals surface area contributed by atoms with Crippen LogP contribution >= 0.6 is 0 Å². The summed E-state index contributed by atoms with van der Waals surface area (Å²) in [4.78, 5) is 12.2. The fraction of sp³-hybridized carbons (Fsp3) is 0.391. The summed E-state index contributed by atoms with van der Waals surface area (Å²) in [6.07, 6.45) is 11.5. The van der Waals surface area contributed by atoms with Gasteiger partial charge in [0, 0.05) is 53.9 Å². The Morgan fingerprint density at radius 1 is 0.701 bits per heavy atom. The molecule has 0 atom stereocenters. The van der Waals surface area contributed by atoms with Crippen molar-refractivity contribution in [3.8, 4) is 5.75 Å². The summed E-state index contributed by atoms with van der Waals surface area (Å²) >= 11 is 0. The summed E-state index contributed by atoms with van der Waals surface area (Å²) in [7, 11) is -17.8. The van der Waals surface area contributed by atoms with Gasteiger partial charge < -0.3 is 14.7 Å². The first-order chi connectivity index (χ1) is 31.1. The van der Waals surface area contributed by atoms with E-state index in [1.54, 1.807) is 12.1 Å². The number of allylic oxidation sites excluding steroid dienone is 7. The second kappa shape index (κ2) is 19.5. The molecule has 21 heteroatoms. The molecule has 0 unspecified atom stereocenters. The molecule has 0 radical (unpaired) electrons. The van der Waals surface area contributed by atoms with E-state index in [0.717, 1.165) is 22.5 Å². The number of carbonyl (C=O) groups is 1. The molecule has 17 nitrogen and oxygen atoms in total. The van der Waals surface area contributed by atoms with Crippen molar-refractivity contribution in [3.05, 3.63) is 119 Å². The Balaban J connectivity index is 1.48. The number of rotatable bonds is 19. The second-order valence-corrected chi connectivity index (χ2v) is 23.6. The molecule has 5 N–H and O–H groups in total. The lowest BCUT2D eigenvalue weighted by molar-refractivity contribution is -0.438. The molecule has 3 aliphatic rings. The summed E-state index contributed by atoms with van der Waals surface area (Å²) in [6, 6.07) is 13.9. The summed E-state index contributed by atoms with van der Waals surface area (Å²) in [5, 5.41) is 9.18. The molecule has 6 rings (SSSR count). The number of fused-ring (bicyclic) bond motifs is 2. The first kappa shape index (κ1) is 51.4. The fourth-order valence-electron chi connectivity index (χ4n) is 8.90. The number of ether oxygens (including phenoxy) is 1. The van der Waals surface area contributed by atoms with Crippen molar-refractivity contribution in [2.24, 2.45) is 0 Å². The Bertz CT molecular complexity index is 3070. The highest BCUT2D eigenvalue weighted by Gasteiger charge is 2.45. The van der Waals surface area contributed by atoms with Crippen LogP contribution in [0.3, 0.4) is 0 Å².